The van der Waals surface area contributed by atoms with Crippen molar-refractivity contribution < 1.29 is 32.2 Å². The summed E-state index contributed by atoms with van der Waals surface area (Å²) < 4.78 is 39.0. The summed E-state index contributed by atoms with van der Waals surface area (Å²) in [7, 11) is 2.20. The van der Waals surface area contributed by atoms with Gasteiger partial charge < -0.3 is 32.2 Å². The van der Waals surface area contributed by atoms with Crippen LogP contribution in [0.4, 0.5) is 0 Å². The molecule has 1 aromatic rings. The zero-order chi connectivity index (χ0) is 20.4. The molecule has 7 nitrogen and oxygen atoms in total. The molecule has 27 heavy (non-hydrogen) atoms. The molecular weight excluding hydrogens is 368 g/mol. The molecule has 1 rings (SSSR count). The molecule has 1 aromatic carbocycles. The van der Waals surface area contributed by atoms with Gasteiger partial charge in [0, 0.05) is 53.1 Å². The van der Waals surface area contributed by atoms with E-state index >= 15 is 0 Å². The normalized spacial score (nSPS) is 15.3. The molecule has 0 aliphatic rings. The van der Waals surface area contributed by atoms with E-state index in [1.807, 2.05) is 45.5 Å². The van der Waals surface area contributed by atoms with E-state index in [2.05, 4.69) is 6.92 Å². The Balaban J connectivity index is 2.99. The summed E-state index contributed by atoms with van der Waals surface area (Å²) in [6.07, 6.45) is -0.733. The van der Waals surface area contributed by atoms with Crippen LogP contribution in [0.3, 0.4) is 0 Å². The van der Waals surface area contributed by atoms with E-state index in [4.69, 9.17) is 32.2 Å². The van der Waals surface area contributed by atoms with Crippen LogP contribution < -0.4 is 9.47 Å². The highest BCUT2D eigenvalue weighted by Crippen LogP contribution is 2.30. The molecule has 0 fully saturated rings. The second-order valence-corrected chi connectivity index (χ2v) is 9.11. The fourth-order valence-corrected chi connectivity index (χ4v) is 3.24. The molecule has 0 bridgehead atoms. The lowest BCUT2D eigenvalue weighted by Gasteiger charge is -2.25. The van der Waals surface area contributed by atoms with Crippen molar-refractivity contribution in [2.45, 2.75) is 52.7 Å². The molecule has 0 N–H and O–H groups in total. The fourth-order valence-electron chi connectivity index (χ4n) is 2.29. The predicted octanol–water partition coefficient (Wildman–Crippen LogP) is 3.80. The van der Waals surface area contributed by atoms with Gasteiger partial charge in [-0.25, -0.2) is 0 Å². The smallest absolute Gasteiger partial charge is 0.465 e. The van der Waals surface area contributed by atoms with Crippen LogP contribution in [0.5, 0.6) is 11.5 Å². The average molecular weight is 403 g/mol. The third kappa shape index (κ3) is 8.16. The zero-order valence-corrected chi connectivity index (χ0v) is 18.7. The van der Waals surface area contributed by atoms with Gasteiger partial charge in [0.1, 0.15) is 11.5 Å². The number of hydrogen-bond donors (Lipinski definition) is 0. The van der Waals surface area contributed by atoms with E-state index in [-0.39, 0.29) is 18.5 Å². The van der Waals surface area contributed by atoms with Crippen LogP contribution in [0, 0.1) is 0 Å². The summed E-state index contributed by atoms with van der Waals surface area (Å²) in [6, 6.07) is 5.75. The zero-order valence-electron chi connectivity index (χ0n) is 17.7. The molecule has 156 valence electrons. The molecule has 8 heteroatoms. The van der Waals surface area contributed by atoms with Gasteiger partial charge in [-0.1, -0.05) is 6.92 Å². The van der Waals surface area contributed by atoms with Gasteiger partial charge in [0.05, 0.1) is 0 Å². The molecule has 0 aliphatic heterocycles. The van der Waals surface area contributed by atoms with Crippen molar-refractivity contribution in [3.63, 3.8) is 0 Å². The molecule has 0 heterocycles. The Hall–Kier alpha value is -1.16. The topological polar surface area (TPSA) is 64.6 Å². The highest BCUT2D eigenvalue weighted by Gasteiger charge is 2.32. The second-order valence-electron chi connectivity index (χ2n) is 6.28. The van der Waals surface area contributed by atoms with Gasteiger partial charge in [0.2, 0.25) is 0 Å². The highest BCUT2D eigenvalue weighted by molar-refractivity contribution is 6.59. The molecule has 0 spiro atoms. The largest absolute Gasteiger partial charge is 0.497 e. The van der Waals surface area contributed by atoms with Gasteiger partial charge in [-0.3, -0.25) is 0 Å². The van der Waals surface area contributed by atoms with Gasteiger partial charge in [-0.2, -0.15) is 0 Å². The summed E-state index contributed by atoms with van der Waals surface area (Å²) in [5.74, 6) is 1.40. The van der Waals surface area contributed by atoms with Gasteiger partial charge >= 0.3 is 8.80 Å². The monoisotopic (exact) mass is 402 g/mol. The summed E-state index contributed by atoms with van der Waals surface area (Å²) >= 11 is 0. The summed E-state index contributed by atoms with van der Waals surface area (Å²) in [5.41, 5.74) is 1.01. The quantitative estimate of drug-likeness (QED) is 0.367. The maximum atomic E-state index is 5.91. The Morgan fingerprint density at radius 3 is 1.93 bits per heavy atom. The minimum absolute atomic E-state index is 0.0771. The lowest BCUT2D eigenvalue weighted by atomic mass is 10.0. The van der Waals surface area contributed by atoms with E-state index in [0.29, 0.717) is 24.7 Å². The van der Waals surface area contributed by atoms with E-state index in [1.165, 1.54) is 0 Å². The van der Waals surface area contributed by atoms with E-state index < -0.39 is 8.80 Å². The first-order valence-corrected chi connectivity index (χ1v) is 11.4. The van der Waals surface area contributed by atoms with E-state index in [0.717, 1.165) is 5.56 Å². The molecule has 0 saturated heterocycles. The van der Waals surface area contributed by atoms with Crippen molar-refractivity contribution >= 4 is 8.80 Å². The maximum Gasteiger partial charge on any atom is 0.497 e. The average Bonchev–Trinajstić information content (AvgIpc) is 2.65. The maximum absolute atomic E-state index is 5.91. The van der Waals surface area contributed by atoms with E-state index in [1.54, 1.807) is 21.3 Å². The first-order valence-electron chi connectivity index (χ1n) is 9.13. The fraction of sp³-hybridized carbons (Fsp3) is 0.684. The van der Waals surface area contributed by atoms with Crippen molar-refractivity contribution in [2.24, 2.45) is 0 Å². The molecule has 0 saturated carbocycles. The molecule has 0 aliphatic carbocycles. The summed E-state index contributed by atoms with van der Waals surface area (Å²) in [5, 5.41) is 0. The first-order chi connectivity index (χ1) is 12.8. The predicted molar refractivity (Wildman–Crippen MR) is 105 cm³/mol. The minimum Gasteiger partial charge on any atom is -0.465 e. The van der Waals surface area contributed by atoms with Crippen molar-refractivity contribution in [1.82, 2.24) is 0 Å². The van der Waals surface area contributed by atoms with Gasteiger partial charge in [-0.15, -0.1) is 0 Å². The third-order valence-electron chi connectivity index (χ3n) is 4.15. The number of rotatable bonds is 13. The van der Waals surface area contributed by atoms with Crippen LogP contribution in [0.25, 0.3) is 0 Å². The van der Waals surface area contributed by atoms with Gasteiger partial charge in [0.15, 0.2) is 12.6 Å². The molecule has 3 atom stereocenters. The number of benzene rings is 1. The Morgan fingerprint density at radius 2 is 1.44 bits per heavy atom. The van der Waals surface area contributed by atoms with Crippen LogP contribution in [-0.4, -0.2) is 55.9 Å². The van der Waals surface area contributed by atoms with Crippen molar-refractivity contribution in [3.05, 3.63) is 23.8 Å². The Kier molecular flexibility index (Phi) is 10.3. The highest BCUT2D eigenvalue weighted by atomic mass is 28.4. The Labute approximate surface area is 164 Å². The van der Waals surface area contributed by atoms with Gasteiger partial charge in [-0.05, 0) is 38.5 Å². The van der Waals surface area contributed by atoms with Crippen LogP contribution in [0.1, 0.15) is 39.2 Å². The Bertz CT molecular complexity index is 551. The third-order valence-corrected chi connectivity index (χ3v) is 6.32. The summed E-state index contributed by atoms with van der Waals surface area (Å²) in [4.78, 5) is 0. The van der Waals surface area contributed by atoms with E-state index in [9.17, 15) is 0 Å². The summed E-state index contributed by atoms with van der Waals surface area (Å²) in [6.45, 7) is 10.6. The van der Waals surface area contributed by atoms with Crippen molar-refractivity contribution in [2.75, 3.05) is 34.5 Å². The number of ether oxygens (including phenoxy) is 4. The Morgan fingerprint density at radius 1 is 0.889 bits per heavy atom. The standard InChI is InChI=1S/C19H34O7Si/c1-9-23-16(4)26-19-11-17(10-18(12-19)25-15(3)20-5)14(2)13-24-27(8,21-6)22-7/h10-12,14-16H,9,13H2,1-8H3. The van der Waals surface area contributed by atoms with Crippen molar-refractivity contribution in [3.8, 4) is 11.5 Å². The first kappa shape index (κ1) is 23.9. The van der Waals surface area contributed by atoms with Crippen LogP contribution >= 0.6 is 0 Å². The molecule has 0 aromatic heterocycles. The second kappa shape index (κ2) is 11.6. The number of methoxy groups -OCH3 is 1. The van der Waals surface area contributed by atoms with Crippen LogP contribution in [0.2, 0.25) is 6.55 Å². The number of hydrogen-bond acceptors (Lipinski definition) is 7. The molecule has 0 amide bonds. The van der Waals surface area contributed by atoms with Crippen LogP contribution in [-0.2, 0) is 22.8 Å². The molecule has 0 radical (unpaired) electrons. The lowest BCUT2D eigenvalue weighted by Crippen LogP contribution is -2.41. The van der Waals surface area contributed by atoms with Crippen LogP contribution in [0.15, 0.2) is 18.2 Å². The lowest BCUT2D eigenvalue weighted by molar-refractivity contribution is -0.0620. The van der Waals surface area contributed by atoms with Crippen molar-refractivity contribution in [1.29, 1.82) is 0 Å². The van der Waals surface area contributed by atoms with Gasteiger partial charge in [0.25, 0.3) is 0 Å². The molecule has 3 unspecified atom stereocenters. The SMILES string of the molecule is CCOC(C)Oc1cc(OC(C)OC)cc(C(C)CO[Si](C)(OC)OC)c1. The minimum atomic E-state index is -2.59. The molecular formula is C19H34O7Si.